The molecule has 1 aromatic rings. The highest BCUT2D eigenvalue weighted by Gasteiger charge is 2.46. The van der Waals surface area contributed by atoms with Crippen molar-refractivity contribution in [3.05, 3.63) is 35.9 Å². The zero-order chi connectivity index (χ0) is 13.1. The van der Waals surface area contributed by atoms with Crippen LogP contribution in [0.15, 0.2) is 30.3 Å². The lowest BCUT2D eigenvalue weighted by atomic mass is 9.85. The van der Waals surface area contributed by atoms with E-state index in [2.05, 4.69) is 37.3 Å². The molecule has 1 atom stereocenters. The van der Waals surface area contributed by atoms with E-state index in [1.165, 1.54) is 48.9 Å². The van der Waals surface area contributed by atoms with Crippen LogP contribution in [0.3, 0.4) is 0 Å². The van der Waals surface area contributed by atoms with E-state index in [0.29, 0.717) is 0 Å². The first-order valence-corrected chi connectivity index (χ1v) is 7.86. The number of nitrogens with zero attached hydrogens (tertiary/aromatic N) is 1. The van der Waals surface area contributed by atoms with Crippen LogP contribution in [0, 0.1) is 5.92 Å². The van der Waals surface area contributed by atoms with E-state index in [-0.39, 0.29) is 6.23 Å². The zero-order valence-corrected chi connectivity index (χ0v) is 12.1. The van der Waals surface area contributed by atoms with Crippen LogP contribution in [-0.2, 0) is 4.74 Å². The van der Waals surface area contributed by atoms with Crippen molar-refractivity contribution >= 4 is 0 Å². The van der Waals surface area contributed by atoms with Crippen LogP contribution in [0.4, 0.5) is 0 Å². The Kier molecular flexibility index (Phi) is 3.90. The summed E-state index contributed by atoms with van der Waals surface area (Å²) in [6.45, 7) is 7.02. The first kappa shape index (κ1) is 13.1. The Bertz CT molecular complexity index is 381. The van der Waals surface area contributed by atoms with Gasteiger partial charge in [0.25, 0.3) is 0 Å². The van der Waals surface area contributed by atoms with Crippen molar-refractivity contribution in [2.24, 2.45) is 5.92 Å². The van der Waals surface area contributed by atoms with Gasteiger partial charge in [-0.3, -0.25) is 4.48 Å². The van der Waals surface area contributed by atoms with Crippen molar-refractivity contribution in [2.75, 3.05) is 26.2 Å². The molecule has 104 valence electrons. The highest BCUT2D eigenvalue weighted by molar-refractivity contribution is 5.16. The standard InChI is InChI=1S/C17H26NO/c1-2-14-19-17(16-6-4-3-5-7-16)18-11-8-15(9-12-18)10-13-18/h3-7,15,17H,2,8-14H2,1H3/q+1. The Labute approximate surface area is 117 Å². The minimum absolute atomic E-state index is 0.266. The van der Waals surface area contributed by atoms with Crippen molar-refractivity contribution in [1.29, 1.82) is 0 Å². The summed E-state index contributed by atoms with van der Waals surface area (Å²) in [5.41, 5.74) is 1.37. The van der Waals surface area contributed by atoms with Crippen molar-refractivity contribution in [1.82, 2.24) is 0 Å². The van der Waals surface area contributed by atoms with E-state index in [1.807, 2.05) is 0 Å². The van der Waals surface area contributed by atoms with Crippen LogP contribution in [-0.4, -0.2) is 30.7 Å². The molecule has 0 aromatic heterocycles. The van der Waals surface area contributed by atoms with Gasteiger partial charge in [0.15, 0.2) is 0 Å². The maximum atomic E-state index is 6.31. The molecular weight excluding hydrogens is 234 g/mol. The van der Waals surface area contributed by atoms with Gasteiger partial charge in [0.1, 0.15) is 0 Å². The average molecular weight is 260 g/mol. The number of piperidine rings is 3. The second-order valence-electron chi connectivity index (χ2n) is 6.26. The van der Waals surface area contributed by atoms with Gasteiger partial charge in [0.2, 0.25) is 6.23 Å². The van der Waals surface area contributed by atoms with E-state index < -0.39 is 0 Å². The van der Waals surface area contributed by atoms with Crippen LogP contribution >= 0.6 is 0 Å². The smallest absolute Gasteiger partial charge is 0.220 e. The van der Waals surface area contributed by atoms with E-state index in [9.17, 15) is 0 Å². The molecule has 0 saturated carbocycles. The number of ether oxygens (including phenoxy) is 1. The number of fused-ring (bicyclic) bond motifs is 3. The summed E-state index contributed by atoms with van der Waals surface area (Å²) >= 11 is 0. The number of quaternary nitrogens is 1. The maximum Gasteiger partial charge on any atom is 0.220 e. The molecule has 0 aliphatic carbocycles. The maximum absolute atomic E-state index is 6.31. The second kappa shape index (κ2) is 5.64. The minimum Gasteiger partial charge on any atom is -0.325 e. The third-order valence-corrected chi connectivity index (χ3v) is 5.01. The summed E-state index contributed by atoms with van der Waals surface area (Å²) in [6, 6.07) is 10.9. The normalized spacial score (nSPS) is 31.3. The fourth-order valence-corrected chi connectivity index (χ4v) is 3.86. The average Bonchev–Trinajstić information content (AvgIpc) is 2.50. The summed E-state index contributed by atoms with van der Waals surface area (Å²) in [6.07, 6.45) is 5.57. The Hall–Kier alpha value is -0.860. The molecule has 0 N–H and O–H groups in total. The van der Waals surface area contributed by atoms with Gasteiger partial charge in [-0.05, 0) is 31.6 Å². The molecule has 0 amide bonds. The molecule has 3 fully saturated rings. The van der Waals surface area contributed by atoms with Gasteiger partial charge in [-0.1, -0.05) is 37.3 Å². The largest absolute Gasteiger partial charge is 0.325 e. The number of rotatable bonds is 5. The van der Waals surface area contributed by atoms with Gasteiger partial charge in [-0.25, -0.2) is 0 Å². The van der Waals surface area contributed by atoms with Gasteiger partial charge in [0.05, 0.1) is 26.2 Å². The van der Waals surface area contributed by atoms with Crippen LogP contribution in [0.1, 0.15) is 44.4 Å². The molecular formula is C17H26NO+. The minimum atomic E-state index is 0.266. The van der Waals surface area contributed by atoms with E-state index >= 15 is 0 Å². The number of hydrogen-bond donors (Lipinski definition) is 0. The van der Waals surface area contributed by atoms with Crippen LogP contribution < -0.4 is 0 Å². The third-order valence-electron chi connectivity index (χ3n) is 5.01. The molecule has 0 spiro atoms. The Morgan fingerprint density at radius 2 is 1.74 bits per heavy atom. The van der Waals surface area contributed by atoms with Crippen molar-refractivity contribution in [2.45, 2.75) is 38.8 Å². The molecule has 0 radical (unpaired) electrons. The summed E-state index contributed by atoms with van der Waals surface area (Å²) in [7, 11) is 0. The molecule has 19 heavy (non-hydrogen) atoms. The second-order valence-corrected chi connectivity index (χ2v) is 6.26. The fraction of sp³-hybridized carbons (Fsp3) is 0.647. The van der Waals surface area contributed by atoms with Gasteiger partial charge in [-0.2, -0.15) is 0 Å². The monoisotopic (exact) mass is 260 g/mol. The highest BCUT2D eigenvalue weighted by atomic mass is 16.5. The van der Waals surface area contributed by atoms with Crippen LogP contribution in [0.2, 0.25) is 0 Å². The summed E-state index contributed by atoms with van der Waals surface area (Å²) in [5.74, 6) is 1.00. The summed E-state index contributed by atoms with van der Waals surface area (Å²) in [5, 5.41) is 0. The SMILES string of the molecule is CCCOC(c1ccccc1)[N+]12CCC(CC1)CC2. The van der Waals surface area contributed by atoms with Gasteiger partial charge in [-0.15, -0.1) is 0 Å². The zero-order valence-electron chi connectivity index (χ0n) is 12.1. The molecule has 3 heterocycles. The van der Waals surface area contributed by atoms with Crippen molar-refractivity contribution in [3.8, 4) is 0 Å². The predicted molar refractivity (Wildman–Crippen MR) is 77.6 cm³/mol. The quantitative estimate of drug-likeness (QED) is 0.733. The molecule has 4 rings (SSSR count). The van der Waals surface area contributed by atoms with Gasteiger partial charge < -0.3 is 4.74 Å². The fourth-order valence-electron chi connectivity index (χ4n) is 3.86. The van der Waals surface area contributed by atoms with Crippen molar-refractivity contribution < 1.29 is 9.22 Å². The molecule has 3 aliphatic heterocycles. The lowest BCUT2D eigenvalue weighted by molar-refractivity contribution is -0.991. The molecule has 2 nitrogen and oxygen atoms in total. The summed E-state index contributed by atoms with van der Waals surface area (Å²) in [4.78, 5) is 0. The van der Waals surface area contributed by atoms with E-state index in [4.69, 9.17) is 4.74 Å². The Balaban J connectivity index is 1.86. The van der Waals surface area contributed by atoms with Crippen LogP contribution in [0.5, 0.6) is 0 Å². The van der Waals surface area contributed by atoms with Crippen molar-refractivity contribution in [3.63, 3.8) is 0 Å². The molecule has 3 saturated heterocycles. The molecule has 1 unspecified atom stereocenters. The predicted octanol–water partition coefficient (Wildman–Crippen LogP) is 3.74. The molecule has 2 heteroatoms. The van der Waals surface area contributed by atoms with E-state index in [1.54, 1.807) is 0 Å². The lowest BCUT2D eigenvalue weighted by Gasteiger charge is -2.52. The summed E-state index contributed by atoms with van der Waals surface area (Å²) < 4.78 is 7.49. The third kappa shape index (κ3) is 2.56. The van der Waals surface area contributed by atoms with Crippen LogP contribution in [0.25, 0.3) is 0 Å². The number of benzene rings is 1. The number of hydrogen-bond acceptors (Lipinski definition) is 1. The first-order chi connectivity index (χ1) is 9.34. The molecule has 1 aromatic carbocycles. The topological polar surface area (TPSA) is 9.23 Å². The first-order valence-electron chi connectivity index (χ1n) is 7.86. The molecule has 3 aliphatic rings. The highest BCUT2D eigenvalue weighted by Crippen LogP contribution is 2.41. The molecule has 2 bridgehead atoms. The lowest BCUT2D eigenvalue weighted by Crippen LogP contribution is -2.60. The van der Waals surface area contributed by atoms with Gasteiger partial charge >= 0.3 is 0 Å². The Morgan fingerprint density at radius 1 is 1.11 bits per heavy atom. The Morgan fingerprint density at radius 3 is 2.32 bits per heavy atom. The van der Waals surface area contributed by atoms with E-state index in [0.717, 1.165) is 18.9 Å². The van der Waals surface area contributed by atoms with Gasteiger partial charge in [0, 0.05) is 5.56 Å².